The second-order valence-electron chi connectivity index (χ2n) is 9.97. The number of benzene rings is 2. The van der Waals surface area contributed by atoms with E-state index in [0.717, 1.165) is 53.7 Å². The maximum atomic E-state index is 13.5. The summed E-state index contributed by atoms with van der Waals surface area (Å²) < 4.78 is 26.8. The number of aromatic nitrogens is 5. The first-order valence-corrected chi connectivity index (χ1v) is 13.5. The van der Waals surface area contributed by atoms with Crippen molar-refractivity contribution in [3.8, 4) is 5.75 Å². The Morgan fingerprint density at radius 1 is 1.21 bits per heavy atom. The summed E-state index contributed by atoms with van der Waals surface area (Å²) in [5.41, 5.74) is 3.28. The van der Waals surface area contributed by atoms with E-state index >= 15 is 0 Å². The third-order valence-corrected chi connectivity index (χ3v) is 7.48. The van der Waals surface area contributed by atoms with Gasteiger partial charge in [0.2, 0.25) is 0 Å². The first-order valence-electron chi connectivity index (χ1n) is 13.5. The third kappa shape index (κ3) is 5.35. The lowest BCUT2D eigenvalue weighted by atomic mass is 9.96. The van der Waals surface area contributed by atoms with Gasteiger partial charge in [0.05, 0.1) is 19.3 Å². The molecule has 0 bridgehead atoms. The van der Waals surface area contributed by atoms with Crippen molar-refractivity contribution in [1.29, 1.82) is 0 Å². The molecule has 2 aromatic carbocycles. The normalized spacial score (nSPS) is 18.8. The number of hydrogen-bond donors (Lipinski definition) is 1. The molecule has 0 saturated carbocycles. The number of ether oxygens (including phenoxy) is 2. The Labute approximate surface area is 225 Å². The molecule has 1 fully saturated rings. The standard InChI is InChI=1S/C29H31FN6O3/c1-2-38-23-9-10-26-21(16-23)17-25(29(37)31-26)27(28-32-33-34-36(28)18-24-4-3-15-39-24)35-13-11-20(12-14-35)19-5-7-22(30)8-6-19/h5-11,16-17,24,27H,2-4,12-15,18H2,1H3,(H,31,37)/t24-,27-/m0/s1. The molecule has 2 aliphatic heterocycles. The molecule has 0 radical (unpaired) electrons. The number of nitrogens with zero attached hydrogens (tertiary/aromatic N) is 5. The minimum Gasteiger partial charge on any atom is -0.494 e. The number of pyridine rings is 1. The van der Waals surface area contributed by atoms with Gasteiger partial charge in [0.1, 0.15) is 17.6 Å². The summed E-state index contributed by atoms with van der Waals surface area (Å²) in [6.45, 7) is 5.03. The lowest BCUT2D eigenvalue weighted by Crippen LogP contribution is -2.38. The van der Waals surface area contributed by atoms with E-state index < -0.39 is 6.04 Å². The Balaban J connectivity index is 1.40. The quantitative estimate of drug-likeness (QED) is 0.366. The van der Waals surface area contributed by atoms with Crippen LogP contribution in [0.5, 0.6) is 5.75 Å². The first kappa shape index (κ1) is 25.4. The topological polar surface area (TPSA) is 98.2 Å². The zero-order valence-electron chi connectivity index (χ0n) is 21.8. The van der Waals surface area contributed by atoms with Gasteiger partial charge in [-0.1, -0.05) is 18.2 Å². The second kappa shape index (κ2) is 11.1. The van der Waals surface area contributed by atoms with Crippen LogP contribution in [-0.2, 0) is 11.3 Å². The lowest BCUT2D eigenvalue weighted by molar-refractivity contribution is 0.0910. The number of tetrazole rings is 1. The average molecular weight is 531 g/mol. The highest BCUT2D eigenvalue weighted by atomic mass is 19.1. The SMILES string of the molecule is CCOc1ccc2[nH]c(=O)c([C@@H](c3nnnn3C[C@@H]3CCCO3)N3CC=C(c4ccc(F)cc4)CC3)cc2c1. The van der Waals surface area contributed by atoms with E-state index in [1.54, 1.807) is 16.8 Å². The van der Waals surface area contributed by atoms with Gasteiger partial charge in [0.15, 0.2) is 5.82 Å². The Hall–Kier alpha value is -3.89. The number of hydrogen-bond acceptors (Lipinski definition) is 7. The number of rotatable bonds is 8. The molecule has 2 aromatic heterocycles. The van der Waals surface area contributed by atoms with Crippen molar-refractivity contribution in [2.24, 2.45) is 0 Å². The van der Waals surface area contributed by atoms with Crippen LogP contribution in [0.4, 0.5) is 4.39 Å². The Morgan fingerprint density at radius 3 is 2.82 bits per heavy atom. The molecule has 4 heterocycles. The van der Waals surface area contributed by atoms with Gasteiger partial charge >= 0.3 is 0 Å². The van der Waals surface area contributed by atoms with E-state index in [9.17, 15) is 9.18 Å². The molecule has 0 spiro atoms. The molecule has 10 heteroatoms. The molecule has 9 nitrogen and oxygen atoms in total. The average Bonchev–Trinajstić information content (AvgIpc) is 3.63. The molecule has 1 N–H and O–H groups in total. The van der Waals surface area contributed by atoms with Crippen LogP contribution in [0.1, 0.15) is 49.2 Å². The molecule has 0 unspecified atom stereocenters. The van der Waals surface area contributed by atoms with Crippen molar-refractivity contribution < 1.29 is 13.9 Å². The molecule has 0 aliphatic carbocycles. The van der Waals surface area contributed by atoms with Crippen LogP contribution < -0.4 is 10.3 Å². The summed E-state index contributed by atoms with van der Waals surface area (Å²) in [4.78, 5) is 18.8. The Kier molecular flexibility index (Phi) is 7.21. The summed E-state index contributed by atoms with van der Waals surface area (Å²) in [5.74, 6) is 1.10. The van der Waals surface area contributed by atoms with E-state index in [-0.39, 0.29) is 17.5 Å². The summed E-state index contributed by atoms with van der Waals surface area (Å²) >= 11 is 0. The van der Waals surface area contributed by atoms with E-state index in [0.29, 0.717) is 37.6 Å². The molecule has 39 heavy (non-hydrogen) atoms. The van der Waals surface area contributed by atoms with Gasteiger partial charge in [-0.25, -0.2) is 9.07 Å². The van der Waals surface area contributed by atoms with E-state index in [1.165, 1.54) is 12.1 Å². The van der Waals surface area contributed by atoms with Crippen molar-refractivity contribution in [2.75, 3.05) is 26.3 Å². The zero-order valence-corrected chi connectivity index (χ0v) is 21.8. The highest BCUT2D eigenvalue weighted by Gasteiger charge is 2.32. The highest BCUT2D eigenvalue weighted by molar-refractivity contribution is 5.80. The predicted octanol–water partition coefficient (Wildman–Crippen LogP) is 4.11. The predicted molar refractivity (Wildman–Crippen MR) is 145 cm³/mol. The Bertz CT molecular complexity index is 1540. The van der Waals surface area contributed by atoms with E-state index in [2.05, 4.69) is 31.5 Å². The fraction of sp³-hybridized carbons (Fsp3) is 0.379. The van der Waals surface area contributed by atoms with Crippen molar-refractivity contribution in [3.05, 3.63) is 87.7 Å². The molecule has 202 valence electrons. The smallest absolute Gasteiger partial charge is 0.253 e. The number of nitrogens with one attached hydrogen (secondary N) is 1. The molecule has 1 saturated heterocycles. The van der Waals surface area contributed by atoms with Gasteiger partial charge in [-0.05, 0) is 84.1 Å². The summed E-state index contributed by atoms with van der Waals surface area (Å²) in [5, 5.41) is 13.6. The first-order chi connectivity index (χ1) is 19.1. The molecular weight excluding hydrogens is 499 g/mol. The van der Waals surface area contributed by atoms with E-state index in [4.69, 9.17) is 9.47 Å². The molecule has 2 aliphatic rings. The molecule has 4 aromatic rings. The molecule has 6 rings (SSSR count). The van der Waals surface area contributed by atoms with Crippen LogP contribution in [0.3, 0.4) is 0 Å². The second-order valence-corrected chi connectivity index (χ2v) is 9.97. The van der Waals surface area contributed by atoms with Crippen molar-refractivity contribution in [1.82, 2.24) is 30.1 Å². The minimum absolute atomic E-state index is 0.0443. The molecule has 2 atom stereocenters. The Morgan fingerprint density at radius 2 is 2.08 bits per heavy atom. The zero-order chi connectivity index (χ0) is 26.8. The van der Waals surface area contributed by atoms with Crippen molar-refractivity contribution >= 4 is 16.5 Å². The fourth-order valence-corrected chi connectivity index (χ4v) is 5.52. The lowest BCUT2D eigenvalue weighted by Gasteiger charge is -2.33. The largest absolute Gasteiger partial charge is 0.494 e. The van der Waals surface area contributed by atoms with Gasteiger partial charge in [0.25, 0.3) is 5.56 Å². The monoisotopic (exact) mass is 530 g/mol. The number of aromatic amines is 1. The number of fused-ring (bicyclic) bond motifs is 1. The molecular formula is C29H31FN6O3. The van der Waals surface area contributed by atoms with Gasteiger partial charge in [0, 0.05) is 36.2 Å². The summed E-state index contributed by atoms with van der Waals surface area (Å²) in [6.07, 6.45) is 4.90. The van der Waals surface area contributed by atoms with Crippen molar-refractivity contribution in [3.63, 3.8) is 0 Å². The fourth-order valence-electron chi connectivity index (χ4n) is 5.52. The maximum Gasteiger partial charge on any atom is 0.253 e. The van der Waals surface area contributed by atoms with Crippen LogP contribution in [0, 0.1) is 5.82 Å². The van der Waals surface area contributed by atoms with E-state index in [1.807, 2.05) is 31.2 Å². The van der Waals surface area contributed by atoms with Crippen LogP contribution in [0.15, 0.2) is 59.4 Å². The van der Waals surface area contributed by atoms with Crippen LogP contribution in [0.25, 0.3) is 16.5 Å². The highest BCUT2D eigenvalue weighted by Crippen LogP contribution is 2.32. The number of H-pyrrole nitrogens is 1. The van der Waals surface area contributed by atoms with Gasteiger partial charge in [-0.3, -0.25) is 9.69 Å². The van der Waals surface area contributed by atoms with Gasteiger partial charge < -0.3 is 14.5 Å². The molecule has 0 amide bonds. The number of halogens is 1. The van der Waals surface area contributed by atoms with Gasteiger partial charge in [-0.15, -0.1) is 5.10 Å². The van der Waals surface area contributed by atoms with Crippen LogP contribution in [-0.4, -0.2) is 62.5 Å². The van der Waals surface area contributed by atoms with Gasteiger partial charge in [-0.2, -0.15) is 0 Å². The maximum absolute atomic E-state index is 13.5. The van der Waals surface area contributed by atoms with Crippen LogP contribution in [0.2, 0.25) is 0 Å². The third-order valence-electron chi connectivity index (χ3n) is 7.48. The minimum atomic E-state index is -0.476. The summed E-state index contributed by atoms with van der Waals surface area (Å²) in [7, 11) is 0. The van der Waals surface area contributed by atoms with Crippen LogP contribution >= 0.6 is 0 Å². The summed E-state index contributed by atoms with van der Waals surface area (Å²) in [6, 6.07) is 13.7. The van der Waals surface area contributed by atoms with Crippen molar-refractivity contribution in [2.45, 2.75) is 44.9 Å².